The van der Waals surface area contributed by atoms with Crippen LogP contribution >= 0.6 is 0 Å². The molecule has 0 spiro atoms. The van der Waals surface area contributed by atoms with Crippen molar-refractivity contribution in [2.75, 3.05) is 4.90 Å². The Bertz CT molecular complexity index is 2910. The third-order valence-corrected chi connectivity index (χ3v) is 11.2. The molecule has 0 aliphatic rings. The number of aromatic nitrogens is 1. The van der Waals surface area contributed by atoms with Gasteiger partial charge in [-0.15, -0.1) is 0 Å². The lowest BCUT2D eigenvalue weighted by Crippen LogP contribution is -2.10. The van der Waals surface area contributed by atoms with Crippen LogP contribution < -0.4 is 4.90 Å². The summed E-state index contributed by atoms with van der Waals surface area (Å²) in [5.74, 6) is 0. The molecule has 0 radical (unpaired) electrons. The standard InChI is InChI=1S/C51H38N2O/c1-33-31-45-50-46(18-12-19-47(50)53(51(45)35(3)34(33)2)42-29-30-49-44(32-42)43-17-10-11-20-48(43)54-49)52(40-25-21-38(22-26-40)36-13-6-4-7-14-36)41-27-23-39(24-28-41)37-15-8-5-9-16-37/h4-32H,1-3H3. The van der Waals surface area contributed by atoms with Crippen molar-refractivity contribution in [1.29, 1.82) is 0 Å². The number of rotatable bonds is 6. The van der Waals surface area contributed by atoms with E-state index >= 15 is 0 Å². The molecule has 0 unspecified atom stereocenters. The lowest BCUT2D eigenvalue weighted by molar-refractivity contribution is 0.669. The van der Waals surface area contributed by atoms with E-state index in [0.717, 1.165) is 50.2 Å². The zero-order chi connectivity index (χ0) is 36.3. The molecule has 0 saturated heterocycles. The van der Waals surface area contributed by atoms with Crippen LogP contribution in [0.25, 0.3) is 71.7 Å². The second kappa shape index (κ2) is 12.7. The fourth-order valence-corrected chi connectivity index (χ4v) is 8.26. The van der Waals surface area contributed by atoms with Gasteiger partial charge in [0.15, 0.2) is 0 Å². The minimum atomic E-state index is 0.897. The number of hydrogen-bond acceptors (Lipinski definition) is 2. The van der Waals surface area contributed by atoms with Gasteiger partial charge in [-0.25, -0.2) is 0 Å². The molecule has 0 N–H and O–H groups in total. The highest BCUT2D eigenvalue weighted by atomic mass is 16.3. The molecule has 10 rings (SSSR count). The highest BCUT2D eigenvalue weighted by Gasteiger charge is 2.24. The van der Waals surface area contributed by atoms with E-state index in [0.29, 0.717) is 0 Å². The second-order valence-electron chi connectivity index (χ2n) is 14.3. The summed E-state index contributed by atoms with van der Waals surface area (Å²) in [7, 11) is 0. The summed E-state index contributed by atoms with van der Waals surface area (Å²) in [5.41, 5.74) is 17.3. The van der Waals surface area contributed by atoms with E-state index in [2.05, 4.69) is 194 Å². The van der Waals surface area contributed by atoms with Crippen molar-refractivity contribution in [3.8, 4) is 27.9 Å². The van der Waals surface area contributed by atoms with E-state index < -0.39 is 0 Å². The quantitative estimate of drug-likeness (QED) is 0.173. The zero-order valence-corrected chi connectivity index (χ0v) is 30.5. The summed E-state index contributed by atoms with van der Waals surface area (Å²) >= 11 is 0. The number of nitrogens with zero attached hydrogens (tertiary/aromatic N) is 2. The molecule has 3 nitrogen and oxygen atoms in total. The number of aryl methyl sites for hydroxylation is 2. The molecule has 0 aliphatic heterocycles. The third-order valence-electron chi connectivity index (χ3n) is 11.2. The van der Waals surface area contributed by atoms with Gasteiger partial charge < -0.3 is 13.9 Å². The van der Waals surface area contributed by atoms with Crippen LogP contribution in [0.5, 0.6) is 0 Å². The first kappa shape index (κ1) is 31.9. The molecule has 0 aliphatic carbocycles. The van der Waals surface area contributed by atoms with Gasteiger partial charge in [-0.1, -0.05) is 109 Å². The Balaban J connectivity index is 1.23. The van der Waals surface area contributed by atoms with E-state index in [1.807, 2.05) is 12.1 Å². The minimum absolute atomic E-state index is 0.897. The first-order valence-electron chi connectivity index (χ1n) is 18.6. The van der Waals surface area contributed by atoms with Gasteiger partial charge in [-0.05, 0) is 126 Å². The van der Waals surface area contributed by atoms with E-state index in [9.17, 15) is 0 Å². The SMILES string of the molecule is Cc1cc2c3c(N(c4ccc(-c5ccccc5)cc4)c4ccc(-c5ccccc5)cc4)cccc3n(-c3ccc4oc5ccccc5c4c3)c2c(C)c1C. The van der Waals surface area contributed by atoms with Gasteiger partial charge in [0.2, 0.25) is 0 Å². The smallest absolute Gasteiger partial charge is 0.135 e. The number of hydrogen-bond donors (Lipinski definition) is 0. The van der Waals surface area contributed by atoms with E-state index in [4.69, 9.17) is 4.42 Å². The molecule has 3 heteroatoms. The van der Waals surface area contributed by atoms with Crippen LogP contribution in [0.2, 0.25) is 0 Å². The average molecular weight is 695 g/mol. The Morgan fingerprint density at radius 2 is 1.02 bits per heavy atom. The van der Waals surface area contributed by atoms with Crippen molar-refractivity contribution < 1.29 is 4.42 Å². The molecule has 0 bridgehead atoms. The van der Waals surface area contributed by atoms with Crippen LogP contribution in [0.3, 0.4) is 0 Å². The van der Waals surface area contributed by atoms with Gasteiger partial charge in [0.1, 0.15) is 11.2 Å². The minimum Gasteiger partial charge on any atom is -0.456 e. The maximum absolute atomic E-state index is 6.26. The van der Waals surface area contributed by atoms with E-state index in [1.165, 1.54) is 55.2 Å². The van der Waals surface area contributed by atoms with Gasteiger partial charge in [-0.2, -0.15) is 0 Å². The van der Waals surface area contributed by atoms with Gasteiger partial charge in [0, 0.05) is 38.6 Å². The topological polar surface area (TPSA) is 21.3 Å². The van der Waals surface area contributed by atoms with Crippen molar-refractivity contribution >= 4 is 60.8 Å². The zero-order valence-electron chi connectivity index (χ0n) is 30.5. The second-order valence-corrected chi connectivity index (χ2v) is 14.3. The fourth-order valence-electron chi connectivity index (χ4n) is 8.26. The van der Waals surface area contributed by atoms with Crippen LogP contribution in [-0.4, -0.2) is 4.57 Å². The lowest BCUT2D eigenvalue weighted by Gasteiger charge is -2.27. The lowest BCUT2D eigenvalue weighted by atomic mass is 9.98. The Kier molecular flexibility index (Phi) is 7.48. The molecule has 8 aromatic carbocycles. The Morgan fingerprint density at radius 3 is 1.67 bits per heavy atom. The third kappa shape index (κ3) is 5.12. The van der Waals surface area contributed by atoms with Crippen molar-refractivity contribution in [3.05, 3.63) is 193 Å². The predicted octanol–water partition coefficient (Wildman–Crippen LogP) is 14.4. The molecule has 0 amide bonds. The molecule has 2 aromatic heterocycles. The molecule has 0 saturated carbocycles. The predicted molar refractivity (Wildman–Crippen MR) is 228 cm³/mol. The normalized spacial score (nSPS) is 11.6. The molecule has 54 heavy (non-hydrogen) atoms. The Labute approximate surface area is 315 Å². The summed E-state index contributed by atoms with van der Waals surface area (Å²) in [6.07, 6.45) is 0. The summed E-state index contributed by atoms with van der Waals surface area (Å²) in [6.45, 7) is 6.75. The number of benzene rings is 8. The number of anilines is 3. The molecular formula is C51H38N2O. The molecule has 10 aromatic rings. The average Bonchev–Trinajstić information content (AvgIpc) is 3.77. The Hall–Kier alpha value is -6.84. The summed E-state index contributed by atoms with van der Waals surface area (Å²) < 4.78 is 8.73. The monoisotopic (exact) mass is 694 g/mol. The molecular weight excluding hydrogens is 657 g/mol. The van der Waals surface area contributed by atoms with Crippen LogP contribution in [0.15, 0.2) is 180 Å². The van der Waals surface area contributed by atoms with Crippen molar-refractivity contribution in [2.45, 2.75) is 20.8 Å². The van der Waals surface area contributed by atoms with E-state index in [1.54, 1.807) is 0 Å². The van der Waals surface area contributed by atoms with Crippen molar-refractivity contribution in [3.63, 3.8) is 0 Å². The summed E-state index contributed by atoms with van der Waals surface area (Å²) in [6, 6.07) is 63.2. The van der Waals surface area contributed by atoms with Crippen molar-refractivity contribution in [2.24, 2.45) is 0 Å². The first-order valence-corrected chi connectivity index (χ1v) is 18.6. The molecule has 258 valence electrons. The maximum Gasteiger partial charge on any atom is 0.135 e. The van der Waals surface area contributed by atoms with Crippen molar-refractivity contribution in [1.82, 2.24) is 4.57 Å². The summed E-state index contributed by atoms with van der Waals surface area (Å²) in [4.78, 5) is 2.42. The van der Waals surface area contributed by atoms with E-state index in [-0.39, 0.29) is 0 Å². The first-order chi connectivity index (χ1) is 26.5. The number of para-hydroxylation sites is 1. The molecule has 0 fully saturated rings. The maximum atomic E-state index is 6.26. The van der Waals surface area contributed by atoms with Gasteiger partial charge in [-0.3, -0.25) is 0 Å². The van der Waals surface area contributed by atoms with Gasteiger partial charge >= 0.3 is 0 Å². The van der Waals surface area contributed by atoms with Crippen LogP contribution in [0.1, 0.15) is 16.7 Å². The highest BCUT2D eigenvalue weighted by molar-refractivity contribution is 6.18. The summed E-state index contributed by atoms with van der Waals surface area (Å²) in [5, 5.41) is 4.71. The number of fused-ring (bicyclic) bond motifs is 6. The van der Waals surface area contributed by atoms with Crippen LogP contribution in [0.4, 0.5) is 17.1 Å². The van der Waals surface area contributed by atoms with Gasteiger partial charge in [0.25, 0.3) is 0 Å². The van der Waals surface area contributed by atoms with Crippen LogP contribution in [0, 0.1) is 20.8 Å². The largest absolute Gasteiger partial charge is 0.456 e. The molecule has 0 atom stereocenters. The van der Waals surface area contributed by atoms with Gasteiger partial charge in [0.05, 0.1) is 16.7 Å². The highest BCUT2D eigenvalue weighted by Crippen LogP contribution is 2.46. The number of furan rings is 1. The molecule has 2 heterocycles. The fraction of sp³-hybridized carbons (Fsp3) is 0.0588. The Morgan fingerprint density at radius 1 is 0.444 bits per heavy atom. The van der Waals surface area contributed by atoms with Crippen LogP contribution in [-0.2, 0) is 0 Å².